The Labute approximate surface area is 124 Å². The van der Waals surface area contributed by atoms with E-state index in [0.717, 1.165) is 23.5 Å². The molecular weight excluding hydrogens is 262 g/mol. The third-order valence-electron chi connectivity index (χ3n) is 3.76. The second-order valence-corrected chi connectivity index (χ2v) is 5.11. The molecule has 0 aliphatic rings. The molecule has 21 heavy (non-hydrogen) atoms. The van der Waals surface area contributed by atoms with E-state index < -0.39 is 0 Å². The standard InChI is InChI=1S/C16H19N5/c1-3-20-10-14(8-19-20)16-9-18-11-21(16)12(2)13-4-6-15(17)7-5-13/h4-12H,3,17H2,1-2H3. The number of imidazole rings is 1. The van der Waals surface area contributed by atoms with E-state index in [1.807, 2.05) is 41.7 Å². The van der Waals surface area contributed by atoms with Crippen LogP contribution in [-0.4, -0.2) is 19.3 Å². The third-order valence-corrected chi connectivity index (χ3v) is 3.76. The van der Waals surface area contributed by atoms with Gasteiger partial charge in [-0.05, 0) is 31.5 Å². The van der Waals surface area contributed by atoms with Gasteiger partial charge in [-0.2, -0.15) is 5.10 Å². The minimum atomic E-state index is 0.188. The van der Waals surface area contributed by atoms with Gasteiger partial charge in [0.2, 0.25) is 0 Å². The molecule has 108 valence electrons. The van der Waals surface area contributed by atoms with Crippen LogP contribution in [0.5, 0.6) is 0 Å². The smallest absolute Gasteiger partial charge is 0.0956 e. The van der Waals surface area contributed by atoms with Crippen molar-refractivity contribution in [1.82, 2.24) is 19.3 Å². The SMILES string of the molecule is CCn1cc(-c2cncn2C(C)c2ccc(N)cc2)cn1. The Morgan fingerprint density at radius 1 is 1.19 bits per heavy atom. The van der Waals surface area contributed by atoms with E-state index in [-0.39, 0.29) is 6.04 Å². The Balaban J connectivity index is 1.96. The molecule has 0 saturated carbocycles. The molecule has 0 spiro atoms. The van der Waals surface area contributed by atoms with Gasteiger partial charge in [-0.3, -0.25) is 4.68 Å². The van der Waals surface area contributed by atoms with Crippen molar-refractivity contribution in [1.29, 1.82) is 0 Å². The number of rotatable bonds is 4. The van der Waals surface area contributed by atoms with E-state index in [2.05, 4.69) is 40.6 Å². The quantitative estimate of drug-likeness (QED) is 0.748. The van der Waals surface area contributed by atoms with Gasteiger partial charge < -0.3 is 10.3 Å². The Bertz CT molecular complexity index is 723. The van der Waals surface area contributed by atoms with Crippen LogP contribution in [0.15, 0.2) is 49.2 Å². The number of hydrogen-bond acceptors (Lipinski definition) is 3. The van der Waals surface area contributed by atoms with Crippen LogP contribution in [0.4, 0.5) is 5.69 Å². The second kappa shape index (κ2) is 5.44. The maximum Gasteiger partial charge on any atom is 0.0956 e. The summed E-state index contributed by atoms with van der Waals surface area (Å²) in [5.74, 6) is 0. The number of nitrogen functional groups attached to an aromatic ring is 1. The number of benzene rings is 1. The lowest BCUT2D eigenvalue weighted by atomic mass is 10.1. The first-order valence-electron chi connectivity index (χ1n) is 7.09. The Morgan fingerprint density at radius 3 is 2.62 bits per heavy atom. The summed E-state index contributed by atoms with van der Waals surface area (Å²) in [5, 5.41) is 4.33. The lowest BCUT2D eigenvalue weighted by Crippen LogP contribution is -2.07. The fourth-order valence-electron chi connectivity index (χ4n) is 2.44. The van der Waals surface area contributed by atoms with Crippen molar-refractivity contribution in [2.24, 2.45) is 0 Å². The predicted octanol–water partition coefficient (Wildman–Crippen LogP) is 2.96. The number of nitrogens with zero attached hydrogens (tertiary/aromatic N) is 4. The molecule has 0 radical (unpaired) electrons. The fourth-order valence-corrected chi connectivity index (χ4v) is 2.44. The van der Waals surface area contributed by atoms with Crippen molar-refractivity contribution in [3.63, 3.8) is 0 Å². The van der Waals surface area contributed by atoms with Crippen LogP contribution < -0.4 is 5.73 Å². The highest BCUT2D eigenvalue weighted by molar-refractivity contribution is 5.57. The van der Waals surface area contributed by atoms with Gasteiger partial charge in [0.25, 0.3) is 0 Å². The van der Waals surface area contributed by atoms with Crippen LogP contribution in [0.1, 0.15) is 25.5 Å². The van der Waals surface area contributed by atoms with Crippen LogP contribution in [0.25, 0.3) is 11.3 Å². The van der Waals surface area contributed by atoms with E-state index in [4.69, 9.17) is 5.73 Å². The minimum Gasteiger partial charge on any atom is -0.399 e. The second-order valence-electron chi connectivity index (χ2n) is 5.11. The van der Waals surface area contributed by atoms with Gasteiger partial charge in [0.05, 0.1) is 30.5 Å². The van der Waals surface area contributed by atoms with Crippen LogP contribution in [0, 0.1) is 0 Å². The molecule has 2 N–H and O–H groups in total. The van der Waals surface area contributed by atoms with Crippen molar-refractivity contribution < 1.29 is 0 Å². The van der Waals surface area contributed by atoms with E-state index >= 15 is 0 Å². The lowest BCUT2D eigenvalue weighted by molar-refractivity contribution is 0.644. The van der Waals surface area contributed by atoms with Gasteiger partial charge in [0.15, 0.2) is 0 Å². The molecule has 0 saturated heterocycles. The highest BCUT2D eigenvalue weighted by Crippen LogP contribution is 2.26. The van der Waals surface area contributed by atoms with Gasteiger partial charge in [-0.15, -0.1) is 0 Å². The molecule has 0 bridgehead atoms. The van der Waals surface area contributed by atoms with Crippen molar-refractivity contribution >= 4 is 5.69 Å². The summed E-state index contributed by atoms with van der Waals surface area (Å²) in [4.78, 5) is 4.30. The molecule has 3 rings (SSSR count). The average Bonchev–Trinajstić information content (AvgIpc) is 3.15. The van der Waals surface area contributed by atoms with Gasteiger partial charge in [-0.1, -0.05) is 12.1 Å². The molecule has 0 fully saturated rings. The van der Waals surface area contributed by atoms with E-state index in [1.165, 1.54) is 5.56 Å². The molecule has 0 aliphatic heterocycles. The summed E-state index contributed by atoms with van der Waals surface area (Å²) in [7, 11) is 0. The monoisotopic (exact) mass is 281 g/mol. The number of aryl methyl sites for hydroxylation is 1. The molecular formula is C16H19N5. The van der Waals surface area contributed by atoms with Crippen LogP contribution in [0.3, 0.4) is 0 Å². The molecule has 1 aromatic carbocycles. The van der Waals surface area contributed by atoms with Gasteiger partial charge in [0.1, 0.15) is 0 Å². The maximum absolute atomic E-state index is 5.75. The highest BCUT2D eigenvalue weighted by Gasteiger charge is 2.14. The third kappa shape index (κ3) is 2.54. The lowest BCUT2D eigenvalue weighted by Gasteiger charge is -2.16. The number of nitrogens with two attached hydrogens (primary N) is 1. The molecule has 0 amide bonds. The number of aromatic nitrogens is 4. The zero-order valence-electron chi connectivity index (χ0n) is 12.3. The Morgan fingerprint density at radius 2 is 1.95 bits per heavy atom. The van der Waals surface area contributed by atoms with E-state index in [1.54, 1.807) is 0 Å². The van der Waals surface area contributed by atoms with Crippen molar-refractivity contribution in [2.45, 2.75) is 26.4 Å². The molecule has 1 unspecified atom stereocenters. The van der Waals surface area contributed by atoms with Crippen LogP contribution in [-0.2, 0) is 6.54 Å². The largest absolute Gasteiger partial charge is 0.399 e. The zero-order chi connectivity index (χ0) is 14.8. The summed E-state index contributed by atoms with van der Waals surface area (Å²) in [6, 6.07) is 8.15. The van der Waals surface area contributed by atoms with E-state index in [0.29, 0.717) is 0 Å². The Kier molecular flexibility index (Phi) is 3.48. The first kappa shape index (κ1) is 13.4. The maximum atomic E-state index is 5.75. The highest BCUT2D eigenvalue weighted by atomic mass is 15.3. The summed E-state index contributed by atoms with van der Waals surface area (Å²) in [6.07, 6.45) is 7.67. The summed E-state index contributed by atoms with van der Waals surface area (Å²) >= 11 is 0. The number of hydrogen-bond donors (Lipinski definition) is 1. The zero-order valence-corrected chi connectivity index (χ0v) is 12.3. The van der Waals surface area contributed by atoms with Gasteiger partial charge >= 0.3 is 0 Å². The topological polar surface area (TPSA) is 61.7 Å². The summed E-state index contributed by atoms with van der Waals surface area (Å²) in [6.45, 7) is 5.09. The molecule has 5 heteroatoms. The van der Waals surface area contributed by atoms with Gasteiger partial charge in [-0.25, -0.2) is 4.98 Å². The molecule has 3 aromatic rings. The first-order valence-corrected chi connectivity index (χ1v) is 7.09. The van der Waals surface area contributed by atoms with Crippen molar-refractivity contribution in [3.05, 3.63) is 54.7 Å². The fraction of sp³-hybridized carbons (Fsp3) is 0.250. The van der Waals surface area contributed by atoms with Crippen LogP contribution in [0.2, 0.25) is 0 Å². The van der Waals surface area contributed by atoms with E-state index in [9.17, 15) is 0 Å². The molecule has 5 nitrogen and oxygen atoms in total. The minimum absolute atomic E-state index is 0.188. The van der Waals surface area contributed by atoms with Crippen molar-refractivity contribution in [2.75, 3.05) is 5.73 Å². The van der Waals surface area contributed by atoms with Crippen LogP contribution >= 0.6 is 0 Å². The molecule has 1 atom stereocenters. The predicted molar refractivity (Wildman–Crippen MR) is 83.8 cm³/mol. The molecule has 2 heterocycles. The average molecular weight is 281 g/mol. The Hall–Kier alpha value is -2.56. The first-order chi connectivity index (χ1) is 10.2. The molecule has 2 aromatic heterocycles. The normalized spacial score (nSPS) is 12.5. The van der Waals surface area contributed by atoms with Gasteiger partial charge in [0, 0.05) is 24.0 Å². The summed E-state index contributed by atoms with van der Waals surface area (Å²) in [5.41, 5.74) is 9.88. The van der Waals surface area contributed by atoms with Crippen molar-refractivity contribution in [3.8, 4) is 11.3 Å². The summed E-state index contributed by atoms with van der Waals surface area (Å²) < 4.78 is 4.07. The number of anilines is 1. The molecule has 0 aliphatic carbocycles.